The lowest BCUT2D eigenvalue weighted by Crippen LogP contribution is -2.56. The fourth-order valence-corrected chi connectivity index (χ4v) is 4.28. The fraction of sp³-hybridized carbons (Fsp3) is 0.533. The van der Waals surface area contributed by atoms with E-state index in [2.05, 4.69) is 0 Å². The van der Waals surface area contributed by atoms with Gasteiger partial charge in [0.05, 0.1) is 12.0 Å². The van der Waals surface area contributed by atoms with Crippen molar-refractivity contribution < 1.29 is 22.7 Å². The van der Waals surface area contributed by atoms with Gasteiger partial charge in [-0.2, -0.15) is 4.31 Å². The van der Waals surface area contributed by atoms with Crippen LogP contribution in [-0.2, 0) is 19.6 Å². The van der Waals surface area contributed by atoms with Gasteiger partial charge in [0.25, 0.3) is 0 Å². The van der Waals surface area contributed by atoms with E-state index in [9.17, 15) is 13.2 Å². The van der Waals surface area contributed by atoms with Crippen LogP contribution < -0.4 is 4.74 Å². The minimum atomic E-state index is -3.81. The van der Waals surface area contributed by atoms with Gasteiger partial charge in [0.2, 0.25) is 10.0 Å². The maximum absolute atomic E-state index is 12.9. The molecule has 1 atom stereocenters. The molecule has 22 heavy (non-hydrogen) atoms. The zero-order chi connectivity index (χ0) is 16.5. The zero-order valence-corrected chi connectivity index (χ0v) is 14.0. The molecule has 0 N–H and O–H groups in total. The SMILES string of the molecule is COc1cccc(S(=O)(=O)N2CCOC(=O)[C@H]2C(C)(C)C)c1. The minimum absolute atomic E-state index is 0.0641. The number of sulfonamides is 1. The Morgan fingerprint density at radius 3 is 2.59 bits per heavy atom. The molecule has 0 aliphatic carbocycles. The first-order valence-electron chi connectivity index (χ1n) is 7.00. The van der Waals surface area contributed by atoms with Crippen LogP contribution in [0.4, 0.5) is 0 Å². The normalized spacial score (nSPS) is 20.5. The molecule has 1 aliphatic rings. The quantitative estimate of drug-likeness (QED) is 0.790. The van der Waals surface area contributed by atoms with Gasteiger partial charge < -0.3 is 9.47 Å². The van der Waals surface area contributed by atoms with E-state index in [-0.39, 0.29) is 18.0 Å². The Labute approximate surface area is 131 Å². The van der Waals surface area contributed by atoms with Gasteiger partial charge in [-0.05, 0) is 17.5 Å². The van der Waals surface area contributed by atoms with Crippen LogP contribution in [0.3, 0.4) is 0 Å². The molecule has 1 saturated heterocycles. The van der Waals surface area contributed by atoms with Crippen molar-refractivity contribution in [2.45, 2.75) is 31.7 Å². The number of hydrogen-bond donors (Lipinski definition) is 0. The highest BCUT2D eigenvalue weighted by atomic mass is 32.2. The van der Waals surface area contributed by atoms with Crippen molar-refractivity contribution in [3.63, 3.8) is 0 Å². The summed E-state index contributed by atoms with van der Waals surface area (Å²) in [6, 6.07) is 5.38. The van der Waals surface area contributed by atoms with E-state index in [0.29, 0.717) is 5.75 Å². The first-order chi connectivity index (χ1) is 10.2. The van der Waals surface area contributed by atoms with Crippen molar-refractivity contribution in [2.75, 3.05) is 20.3 Å². The average Bonchev–Trinajstić information content (AvgIpc) is 2.45. The summed E-state index contributed by atoms with van der Waals surface area (Å²) >= 11 is 0. The standard InChI is InChI=1S/C15H21NO5S/c1-15(2,3)13-14(17)21-9-8-16(13)22(18,19)12-7-5-6-11(10-12)20-4/h5-7,10,13H,8-9H2,1-4H3/t13-/m0/s1. The summed E-state index contributed by atoms with van der Waals surface area (Å²) in [5, 5.41) is 0. The van der Waals surface area contributed by atoms with Crippen molar-refractivity contribution in [2.24, 2.45) is 5.41 Å². The molecule has 1 aliphatic heterocycles. The highest BCUT2D eigenvalue weighted by molar-refractivity contribution is 7.89. The van der Waals surface area contributed by atoms with Crippen LogP contribution in [-0.4, -0.2) is 45.0 Å². The number of carbonyl (C=O) groups is 1. The Morgan fingerprint density at radius 1 is 1.32 bits per heavy atom. The van der Waals surface area contributed by atoms with Gasteiger partial charge in [-0.15, -0.1) is 0 Å². The molecule has 1 fully saturated rings. The number of esters is 1. The predicted molar refractivity (Wildman–Crippen MR) is 81.1 cm³/mol. The summed E-state index contributed by atoms with van der Waals surface area (Å²) in [6.07, 6.45) is 0. The summed E-state index contributed by atoms with van der Waals surface area (Å²) in [5.41, 5.74) is -0.566. The number of morpholine rings is 1. The highest BCUT2D eigenvalue weighted by Gasteiger charge is 2.46. The third-order valence-corrected chi connectivity index (χ3v) is 5.40. The molecule has 1 aromatic rings. The van der Waals surface area contributed by atoms with Gasteiger partial charge in [0.1, 0.15) is 18.4 Å². The highest BCUT2D eigenvalue weighted by Crippen LogP contribution is 2.32. The average molecular weight is 327 g/mol. The molecule has 6 nitrogen and oxygen atoms in total. The second-order valence-electron chi connectivity index (χ2n) is 6.23. The fourth-order valence-electron chi connectivity index (χ4n) is 2.50. The molecule has 0 radical (unpaired) electrons. The minimum Gasteiger partial charge on any atom is -0.497 e. The molecule has 1 heterocycles. The van der Waals surface area contributed by atoms with Gasteiger partial charge in [-0.3, -0.25) is 4.79 Å². The second kappa shape index (κ2) is 5.89. The maximum Gasteiger partial charge on any atom is 0.325 e. The lowest BCUT2D eigenvalue weighted by molar-refractivity contribution is -0.158. The van der Waals surface area contributed by atoms with Crippen LogP contribution in [0.1, 0.15) is 20.8 Å². The van der Waals surface area contributed by atoms with Crippen LogP contribution in [0.25, 0.3) is 0 Å². The number of methoxy groups -OCH3 is 1. The van der Waals surface area contributed by atoms with Crippen LogP contribution >= 0.6 is 0 Å². The number of nitrogens with zero attached hydrogens (tertiary/aromatic N) is 1. The molecule has 0 saturated carbocycles. The summed E-state index contributed by atoms with van der Waals surface area (Å²) in [4.78, 5) is 12.2. The van der Waals surface area contributed by atoms with E-state index in [1.807, 2.05) is 20.8 Å². The molecule has 0 bridgehead atoms. The van der Waals surface area contributed by atoms with Crippen molar-refractivity contribution in [1.82, 2.24) is 4.31 Å². The zero-order valence-electron chi connectivity index (χ0n) is 13.2. The number of carbonyl (C=O) groups excluding carboxylic acids is 1. The first kappa shape index (κ1) is 16.8. The number of cyclic esters (lactones) is 1. The van der Waals surface area contributed by atoms with Gasteiger partial charge in [-0.25, -0.2) is 8.42 Å². The van der Waals surface area contributed by atoms with Gasteiger partial charge in [0.15, 0.2) is 0 Å². The van der Waals surface area contributed by atoms with Crippen LogP contribution in [0.2, 0.25) is 0 Å². The van der Waals surface area contributed by atoms with Crippen molar-refractivity contribution in [1.29, 1.82) is 0 Å². The van der Waals surface area contributed by atoms with E-state index >= 15 is 0 Å². The molecule has 122 valence electrons. The van der Waals surface area contributed by atoms with E-state index in [0.717, 1.165) is 0 Å². The molecule has 0 spiro atoms. The molecule has 0 aromatic heterocycles. The molecule has 1 aromatic carbocycles. The third-order valence-electron chi connectivity index (χ3n) is 3.54. The lowest BCUT2D eigenvalue weighted by Gasteiger charge is -2.40. The number of hydrogen-bond acceptors (Lipinski definition) is 5. The number of benzene rings is 1. The topological polar surface area (TPSA) is 72.9 Å². The van der Waals surface area contributed by atoms with Gasteiger partial charge >= 0.3 is 5.97 Å². The van der Waals surface area contributed by atoms with Crippen LogP contribution in [0, 0.1) is 5.41 Å². The van der Waals surface area contributed by atoms with Crippen LogP contribution in [0.15, 0.2) is 29.2 Å². The van der Waals surface area contributed by atoms with Crippen molar-refractivity contribution >= 4 is 16.0 Å². The largest absolute Gasteiger partial charge is 0.497 e. The molecule has 2 rings (SSSR count). The lowest BCUT2D eigenvalue weighted by atomic mass is 9.86. The third kappa shape index (κ3) is 3.10. The Hall–Kier alpha value is -1.60. The number of ether oxygens (including phenoxy) is 2. The van der Waals surface area contributed by atoms with Crippen LogP contribution in [0.5, 0.6) is 5.75 Å². The monoisotopic (exact) mass is 327 g/mol. The van der Waals surface area contributed by atoms with E-state index < -0.39 is 27.4 Å². The second-order valence-corrected chi connectivity index (χ2v) is 8.12. The van der Waals surface area contributed by atoms with Gasteiger partial charge in [-0.1, -0.05) is 26.8 Å². The molecular weight excluding hydrogens is 306 g/mol. The van der Waals surface area contributed by atoms with Gasteiger partial charge in [0, 0.05) is 12.6 Å². The smallest absolute Gasteiger partial charge is 0.325 e. The summed E-state index contributed by atoms with van der Waals surface area (Å²) in [5.74, 6) is -0.0572. The van der Waals surface area contributed by atoms with E-state index in [1.165, 1.54) is 23.5 Å². The molecule has 0 amide bonds. The Morgan fingerprint density at radius 2 is 2.00 bits per heavy atom. The Kier molecular flexibility index (Phi) is 4.49. The van der Waals surface area contributed by atoms with E-state index in [4.69, 9.17) is 9.47 Å². The van der Waals surface area contributed by atoms with E-state index in [1.54, 1.807) is 12.1 Å². The Balaban J connectivity index is 2.48. The molecule has 0 unspecified atom stereocenters. The Bertz CT molecular complexity index is 663. The summed E-state index contributed by atoms with van der Waals surface area (Å²) in [6.45, 7) is 5.66. The first-order valence-corrected chi connectivity index (χ1v) is 8.44. The maximum atomic E-state index is 12.9. The number of rotatable bonds is 3. The summed E-state index contributed by atoms with van der Waals surface area (Å²) < 4.78 is 37.2. The molecule has 7 heteroatoms. The van der Waals surface area contributed by atoms with Crippen molar-refractivity contribution in [3.8, 4) is 5.75 Å². The molecular formula is C15H21NO5S. The summed E-state index contributed by atoms with van der Waals surface area (Å²) in [7, 11) is -2.33. The van der Waals surface area contributed by atoms with Crippen molar-refractivity contribution in [3.05, 3.63) is 24.3 Å². The predicted octanol–water partition coefficient (Wildman–Crippen LogP) is 1.66.